The van der Waals surface area contributed by atoms with Crippen LogP contribution in [0.15, 0.2) is 35.5 Å². The van der Waals surface area contributed by atoms with Crippen molar-refractivity contribution in [1.29, 1.82) is 0 Å². The number of nitrogens with one attached hydrogen (secondary N) is 1. The van der Waals surface area contributed by atoms with E-state index >= 15 is 0 Å². The first-order valence-corrected chi connectivity index (χ1v) is 16.8. The predicted molar refractivity (Wildman–Crippen MR) is 167 cm³/mol. The summed E-state index contributed by atoms with van der Waals surface area (Å²) in [6, 6.07) is 6.86. The molecule has 1 atom stereocenters. The Bertz CT molecular complexity index is 1540. The van der Waals surface area contributed by atoms with E-state index in [-0.39, 0.29) is 29.2 Å². The van der Waals surface area contributed by atoms with Gasteiger partial charge in [0.15, 0.2) is 17.6 Å². The van der Waals surface area contributed by atoms with Gasteiger partial charge in [-0.1, -0.05) is 35.0 Å². The minimum absolute atomic E-state index is 0.00756. The predicted octanol–water partition coefficient (Wildman–Crippen LogP) is 4.64. The maximum atomic E-state index is 15.0. The van der Waals surface area contributed by atoms with E-state index in [4.69, 9.17) is 16.5 Å². The third kappa shape index (κ3) is 6.64. The molecular formula is C26H32F2IN10P. The molecule has 212 valence electrons. The molecule has 14 heteroatoms. The van der Waals surface area contributed by atoms with Crippen LogP contribution < -0.4 is 16.8 Å². The zero-order chi connectivity index (χ0) is 29.0. The molecule has 1 aliphatic rings. The number of hydrogen-bond donors (Lipinski definition) is 3. The van der Waals surface area contributed by atoms with Crippen LogP contribution in [0.25, 0.3) is 22.3 Å². The average molecular weight is 680 g/mol. The van der Waals surface area contributed by atoms with E-state index in [2.05, 4.69) is 59.1 Å². The summed E-state index contributed by atoms with van der Waals surface area (Å²) in [5, 5.41) is 3.06. The molecule has 4 heterocycles. The molecule has 0 aliphatic carbocycles. The Hall–Kier alpha value is -3.03. The second kappa shape index (κ2) is 13.1. The Balaban J connectivity index is 0.00000181. The number of nitrogens with two attached hydrogens (primary N) is 2. The highest BCUT2D eigenvalue weighted by molar-refractivity contribution is 14.2. The fourth-order valence-electron chi connectivity index (χ4n) is 4.86. The van der Waals surface area contributed by atoms with Crippen molar-refractivity contribution in [2.24, 2.45) is 16.5 Å². The number of anilines is 2. The summed E-state index contributed by atoms with van der Waals surface area (Å²) in [5.41, 5.74) is 14.0. The molecule has 1 aliphatic heterocycles. The number of nitrogens with zero attached hydrogens (tertiary/aromatic N) is 7. The fourth-order valence-corrected chi connectivity index (χ4v) is 4.86. The number of pyridine rings is 1. The molecule has 0 saturated heterocycles. The van der Waals surface area contributed by atoms with Gasteiger partial charge in [0.2, 0.25) is 5.95 Å². The van der Waals surface area contributed by atoms with E-state index in [1.165, 1.54) is 6.07 Å². The summed E-state index contributed by atoms with van der Waals surface area (Å²) in [6.07, 6.45) is 1.84. The van der Waals surface area contributed by atoms with Gasteiger partial charge in [0.1, 0.15) is 22.9 Å². The summed E-state index contributed by atoms with van der Waals surface area (Å²) >= 11 is 2.07. The van der Waals surface area contributed by atoms with Crippen LogP contribution >= 0.6 is 28.9 Å². The molecule has 0 saturated carbocycles. The second-order valence-electron chi connectivity index (χ2n) is 9.60. The van der Waals surface area contributed by atoms with Crippen molar-refractivity contribution in [2.45, 2.75) is 39.8 Å². The van der Waals surface area contributed by atoms with Crippen LogP contribution in [-0.2, 0) is 13.0 Å². The number of aromatic nitrogens is 5. The van der Waals surface area contributed by atoms with Gasteiger partial charge in [-0.25, -0.2) is 28.7 Å². The van der Waals surface area contributed by atoms with Crippen molar-refractivity contribution in [3.8, 4) is 11.3 Å². The van der Waals surface area contributed by atoms with E-state index < -0.39 is 11.6 Å². The first kappa shape index (κ1) is 29.9. The zero-order valence-corrected chi connectivity index (χ0v) is 25.8. The van der Waals surface area contributed by atoms with Crippen molar-refractivity contribution in [3.63, 3.8) is 0 Å². The zero-order valence-electron chi connectivity index (χ0n) is 22.5. The maximum Gasteiger partial charge on any atom is 0.229 e. The second-order valence-corrected chi connectivity index (χ2v) is 9.60. The van der Waals surface area contributed by atoms with Gasteiger partial charge in [0.25, 0.3) is 0 Å². The van der Waals surface area contributed by atoms with Gasteiger partial charge in [0.05, 0.1) is 18.3 Å². The minimum Gasteiger partial charge on any atom is -0.370 e. The van der Waals surface area contributed by atoms with E-state index in [1.807, 2.05) is 37.5 Å². The van der Waals surface area contributed by atoms with Crippen LogP contribution in [0.3, 0.4) is 0 Å². The van der Waals surface area contributed by atoms with E-state index in [1.54, 1.807) is 6.07 Å². The highest BCUT2D eigenvalue weighted by Gasteiger charge is 2.20. The van der Waals surface area contributed by atoms with Gasteiger partial charge in [-0.15, -0.1) is 0 Å². The lowest BCUT2D eigenvalue weighted by Crippen LogP contribution is -2.34. The third-order valence-electron chi connectivity index (χ3n) is 6.54. The number of imidazole rings is 1. The van der Waals surface area contributed by atoms with Crippen LogP contribution in [0.1, 0.15) is 37.0 Å². The molecule has 1 unspecified atom stereocenters. The van der Waals surface area contributed by atoms with Crippen molar-refractivity contribution in [3.05, 3.63) is 59.2 Å². The highest BCUT2D eigenvalue weighted by Crippen LogP contribution is 2.30. The molecule has 10 nitrogen and oxygen atoms in total. The summed E-state index contributed by atoms with van der Waals surface area (Å²) < 4.78 is 31.7. The van der Waals surface area contributed by atoms with Gasteiger partial charge in [-0.2, -0.15) is 0 Å². The van der Waals surface area contributed by atoms with Crippen molar-refractivity contribution < 1.29 is 8.78 Å². The minimum atomic E-state index is -0.652. The molecule has 5 N–H and O–H groups in total. The number of rotatable bonds is 7. The molecule has 0 spiro atoms. The molecular weight excluding hydrogens is 648 g/mol. The van der Waals surface area contributed by atoms with E-state index in [0.29, 0.717) is 29.3 Å². The van der Waals surface area contributed by atoms with Crippen molar-refractivity contribution in [1.82, 2.24) is 29.4 Å². The summed E-state index contributed by atoms with van der Waals surface area (Å²) in [7, 11) is 0. The lowest BCUT2D eigenvalue weighted by atomic mass is 10.1. The highest BCUT2D eigenvalue weighted by atomic mass is 127. The first-order chi connectivity index (χ1) is 19.2. The van der Waals surface area contributed by atoms with Crippen molar-refractivity contribution >= 4 is 57.7 Å². The van der Waals surface area contributed by atoms with Crippen molar-refractivity contribution in [2.75, 3.05) is 25.0 Å². The summed E-state index contributed by atoms with van der Waals surface area (Å²) in [6.45, 7) is 11.1. The number of fused-ring (bicyclic) bond motifs is 2. The molecule has 0 amide bonds. The molecule has 4 aromatic rings. The molecule has 0 fully saturated rings. The Labute approximate surface area is 246 Å². The topological polar surface area (TPSA) is 136 Å². The van der Waals surface area contributed by atoms with Gasteiger partial charge >= 0.3 is 0 Å². The molecule has 0 radical (unpaired) electrons. The standard InChI is InChI=1S/C26H30F2N10.H2IP/c1-14(2)38-15(3)33-24-18(27)10-17(11-21(24)38)23-19(28)12-32-26(36-23)35-22-5-4-16-13-37(8-6-20(16)34-22)9-7-31-25(29)30;1-2/h4-5,10-12,14H,6-9,13H2,1-3H3,(H4,29,30,31)(H,32,34,35,36);2H2. The fraction of sp³-hybridized carbons (Fsp3) is 0.346. The number of benzene rings is 1. The van der Waals surface area contributed by atoms with Gasteiger partial charge in [-0.05, 0) is 44.5 Å². The Morgan fingerprint density at radius 3 is 2.65 bits per heavy atom. The lowest BCUT2D eigenvalue weighted by Gasteiger charge is -2.27. The van der Waals surface area contributed by atoms with Crippen LogP contribution in [0.4, 0.5) is 20.5 Å². The van der Waals surface area contributed by atoms with Gasteiger partial charge in [-0.3, -0.25) is 9.89 Å². The number of aliphatic imine (C=N–C) groups is 1. The molecule has 5 rings (SSSR count). The Morgan fingerprint density at radius 2 is 1.93 bits per heavy atom. The maximum absolute atomic E-state index is 15.0. The van der Waals surface area contributed by atoms with E-state index in [0.717, 1.165) is 43.5 Å². The van der Waals surface area contributed by atoms with Gasteiger partial charge < -0.3 is 21.4 Å². The quantitative estimate of drug-likeness (QED) is 0.111. The molecule has 40 heavy (non-hydrogen) atoms. The SMILES string of the molecule is Cc1nc2c(F)cc(-c3nc(Nc4ccc5c(n4)CCN(CCN=C(N)N)C5)ncc3F)cc2n1C(C)C.PI. The Kier molecular flexibility index (Phi) is 9.80. The van der Waals surface area contributed by atoms with Crippen LogP contribution in [-0.4, -0.2) is 55.0 Å². The normalized spacial score (nSPS) is 13.1. The first-order valence-electron chi connectivity index (χ1n) is 12.7. The lowest BCUT2D eigenvalue weighted by molar-refractivity contribution is 0.259. The van der Waals surface area contributed by atoms with Gasteiger partial charge in [0, 0.05) is 43.4 Å². The monoisotopic (exact) mass is 680 g/mol. The number of hydrogen-bond acceptors (Lipinski definition) is 7. The number of halogens is 3. The van der Waals surface area contributed by atoms with Crippen LogP contribution in [0.5, 0.6) is 0 Å². The Morgan fingerprint density at radius 1 is 1.15 bits per heavy atom. The number of aryl methyl sites for hydroxylation is 1. The molecule has 0 bridgehead atoms. The number of guanidine groups is 1. The summed E-state index contributed by atoms with van der Waals surface area (Å²) in [5.74, 6) is 0.306. The smallest absolute Gasteiger partial charge is 0.229 e. The summed E-state index contributed by atoms with van der Waals surface area (Å²) in [4.78, 5) is 23.8. The third-order valence-corrected chi connectivity index (χ3v) is 6.54. The molecule has 1 aromatic carbocycles. The van der Waals surface area contributed by atoms with Crippen LogP contribution in [0, 0.1) is 18.6 Å². The van der Waals surface area contributed by atoms with Crippen LogP contribution in [0.2, 0.25) is 0 Å². The van der Waals surface area contributed by atoms with E-state index in [9.17, 15) is 8.78 Å². The largest absolute Gasteiger partial charge is 0.370 e. The molecule has 3 aromatic heterocycles. The average Bonchev–Trinajstić information content (AvgIpc) is 3.27.